The highest BCUT2D eigenvalue weighted by Gasteiger charge is 2.40. The third kappa shape index (κ3) is 4.50. The molecule has 0 radical (unpaired) electrons. The van der Waals surface area contributed by atoms with Crippen molar-refractivity contribution in [2.75, 3.05) is 20.3 Å². The van der Waals surface area contributed by atoms with E-state index < -0.39 is 0 Å². The third-order valence-corrected chi connectivity index (χ3v) is 5.94. The third-order valence-electron chi connectivity index (χ3n) is 5.94. The van der Waals surface area contributed by atoms with E-state index in [9.17, 15) is 14.4 Å². The van der Waals surface area contributed by atoms with Gasteiger partial charge in [-0.15, -0.1) is 0 Å². The maximum atomic E-state index is 13.0. The number of carbonyl (C=O) groups is 3. The standard InChI is InChI=1S/C24H27N3O5/c1-31-12-13-32-22-17(6-5-11-25-22)15-26-21(28)16-9-10-19-20(14-16)24(30)27(23(19)29)18-7-3-2-4-8-18/h5-6,9-11,14,18H,2-4,7-8,12-13,15H2,1H3,(H,26,28). The number of carbonyl (C=O) groups excluding carboxylic acids is 3. The highest BCUT2D eigenvalue weighted by Crippen LogP contribution is 2.31. The first-order valence-electron chi connectivity index (χ1n) is 11.0. The average Bonchev–Trinajstić information content (AvgIpc) is 3.08. The van der Waals surface area contributed by atoms with Crippen molar-refractivity contribution in [1.29, 1.82) is 0 Å². The Morgan fingerprint density at radius 2 is 1.88 bits per heavy atom. The van der Waals surface area contributed by atoms with Crippen LogP contribution in [0.5, 0.6) is 5.88 Å². The lowest BCUT2D eigenvalue weighted by Gasteiger charge is -2.29. The van der Waals surface area contributed by atoms with Crippen molar-refractivity contribution in [1.82, 2.24) is 15.2 Å². The molecule has 1 fully saturated rings. The molecule has 2 aromatic rings. The molecule has 4 rings (SSSR count). The van der Waals surface area contributed by atoms with Crippen LogP contribution >= 0.6 is 0 Å². The number of hydrogen-bond acceptors (Lipinski definition) is 6. The first kappa shape index (κ1) is 22.0. The molecule has 8 heteroatoms. The summed E-state index contributed by atoms with van der Waals surface area (Å²) in [5.74, 6) is -0.455. The Labute approximate surface area is 186 Å². The van der Waals surface area contributed by atoms with Crippen molar-refractivity contribution in [2.24, 2.45) is 0 Å². The lowest BCUT2D eigenvalue weighted by atomic mass is 9.94. The predicted octanol–water partition coefficient (Wildman–Crippen LogP) is 2.97. The first-order valence-corrected chi connectivity index (χ1v) is 11.0. The van der Waals surface area contributed by atoms with Crippen LogP contribution in [-0.4, -0.2) is 54.0 Å². The fourth-order valence-electron chi connectivity index (χ4n) is 4.26. The van der Waals surface area contributed by atoms with E-state index in [1.807, 2.05) is 6.07 Å². The number of methoxy groups -OCH3 is 1. The van der Waals surface area contributed by atoms with Gasteiger partial charge in [-0.3, -0.25) is 19.3 Å². The van der Waals surface area contributed by atoms with Crippen molar-refractivity contribution in [3.63, 3.8) is 0 Å². The minimum Gasteiger partial charge on any atom is -0.475 e. The highest BCUT2D eigenvalue weighted by atomic mass is 16.5. The second kappa shape index (κ2) is 9.91. The van der Waals surface area contributed by atoms with E-state index in [0.29, 0.717) is 35.8 Å². The molecule has 1 aliphatic carbocycles. The SMILES string of the molecule is COCCOc1ncccc1CNC(=O)c1ccc2c(c1)C(=O)N(C1CCCCC1)C2=O. The summed E-state index contributed by atoms with van der Waals surface area (Å²) in [5.41, 5.74) is 1.74. The van der Waals surface area contributed by atoms with Gasteiger partial charge in [-0.2, -0.15) is 0 Å². The molecule has 1 saturated carbocycles. The van der Waals surface area contributed by atoms with Crippen LogP contribution in [0.1, 0.15) is 68.7 Å². The second-order valence-corrected chi connectivity index (χ2v) is 8.02. The number of pyridine rings is 1. The Balaban J connectivity index is 1.44. The number of nitrogens with one attached hydrogen (secondary N) is 1. The number of aromatic nitrogens is 1. The quantitative estimate of drug-likeness (QED) is 0.504. The van der Waals surface area contributed by atoms with Gasteiger partial charge < -0.3 is 14.8 Å². The van der Waals surface area contributed by atoms with Crippen LogP contribution in [0.3, 0.4) is 0 Å². The van der Waals surface area contributed by atoms with Crippen LogP contribution in [0.25, 0.3) is 0 Å². The van der Waals surface area contributed by atoms with E-state index >= 15 is 0 Å². The summed E-state index contributed by atoms with van der Waals surface area (Å²) in [6.07, 6.45) is 6.50. The van der Waals surface area contributed by atoms with Gasteiger partial charge in [0.05, 0.1) is 17.7 Å². The minimum atomic E-state index is -0.337. The number of rotatable bonds is 8. The molecule has 1 aromatic heterocycles. The normalized spacial score (nSPS) is 16.2. The topological polar surface area (TPSA) is 97.8 Å². The predicted molar refractivity (Wildman–Crippen MR) is 117 cm³/mol. The number of imide groups is 1. The summed E-state index contributed by atoms with van der Waals surface area (Å²) >= 11 is 0. The highest BCUT2D eigenvalue weighted by molar-refractivity contribution is 6.22. The van der Waals surface area contributed by atoms with E-state index in [-0.39, 0.29) is 30.3 Å². The van der Waals surface area contributed by atoms with Gasteiger partial charge >= 0.3 is 0 Å². The van der Waals surface area contributed by atoms with Crippen molar-refractivity contribution in [3.05, 3.63) is 58.8 Å². The number of nitrogens with zero attached hydrogens (tertiary/aromatic N) is 2. The molecular weight excluding hydrogens is 410 g/mol. The fourth-order valence-corrected chi connectivity index (χ4v) is 4.26. The van der Waals surface area contributed by atoms with Gasteiger partial charge in [0.25, 0.3) is 17.7 Å². The first-order chi connectivity index (χ1) is 15.6. The molecule has 2 heterocycles. The molecule has 2 aliphatic rings. The summed E-state index contributed by atoms with van der Waals surface area (Å²) in [6.45, 7) is 1.00. The van der Waals surface area contributed by atoms with E-state index in [2.05, 4.69) is 10.3 Å². The van der Waals surface area contributed by atoms with Crippen molar-refractivity contribution >= 4 is 17.7 Å². The zero-order chi connectivity index (χ0) is 22.5. The smallest absolute Gasteiger partial charge is 0.261 e. The van der Waals surface area contributed by atoms with Crippen LogP contribution in [0, 0.1) is 0 Å². The van der Waals surface area contributed by atoms with Gasteiger partial charge in [0, 0.05) is 37.0 Å². The minimum absolute atomic E-state index is 0.0458. The zero-order valence-corrected chi connectivity index (χ0v) is 18.1. The fraction of sp³-hybridized carbons (Fsp3) is 0.417. The lowest BCUT2D eigenvalue weighted by molar-refractivity contribution is 0.0548. The Bertz CT molecular complexity index is 1020. The number of fused-ring (bicyclic) bond motifs is 1. The Morgan fingerprint density at radius 1 is 1.09 bits per heavy atom. The van der Waals surface area contributed by atoms with Gasteiger partial charge in [0.2, 0.25) is 5.88 Å². The van der Waals surface area contributed by atoms with Gasteiger partial charge in [0.15, 0.2) is 0 Å². The van der Waals surface area contributed by atoms with Gasteiger partial charge in [-0.1, -0.05) is 25.3 Å². The van der Waals surface area contributed by atoms with Crippen molar-refractivity contribution in [3.8, 4) is 5.88 Å². The summed E-state index contributed by atoms with van der Waals surface area (Å²) in [5, 5.41) is 2.84. The van der Waals surface area contributed by atoms with Crippen LogP contribution in [0.15, 0.2) is 36.5 Å². The number of amides is 3. The van der Waals surface area contributed by atoms with Gasteiger partial charge in [-0.05, 0) is 37.1 Å². The molecule has 1 N–H and O–H groups in total. The maximum Gasteiger partial charge on any atom is 0.261 e. The maximum absolute atomic E-state index is 13.0. The summed E-state index contributed by atoms with van der Waals surface area (Å²) in [6, 6.07) is 8.23. The van der Waals surface area contributed by atoms with Crippen LogP contribution < -0.4 is 10.1 Å². The van der Waals surface area contributed by atoms with Crippen molar-refractivity contribution < 1.29 is 23.9 Å². The monoisotopic (exact) mass is 437 g/mol. The molecule has 32 heavy (non-hydrogen) atoms. The molecule has 0 unspecified atom stereocenters. The second-order valence-electron chi connectivity index (χ2n) is 8.02. The number of benzene rings is 1. The molecule has 8 nitrogen and oxygen atoms in total. The molecule has 0 spiro atoms. The summed E-state index contributed by atoms with van der Waals surface area (Å²) in [4.78, 5) is 44.1. The molecule has 168 valence electrons. The molecule has 0 atom stereocenters. The average molecular weight is 437 g/mol. The van der Waals surface area contributed by atoms with Crippen LogP contribution in [-0.2, 0) is 11.3 Å². The zero-order valence-electron chi connectivity index (χ0n) is 18.1. The number of hydrogen-bond donors (Lipinski definition) is 1. The van der Waals surface area contributed by atoms with Crippen LogP contribution in [0.4, 0.5) is 0 Å². The molecular formula is C24H27N3O5. The van der Waals surface area contributed by atoms with E-state index in [1.165, 1.54) is 11.0 Å². The molecule has 0 saturated heterocycles. The van der Waals surface area contributed by atoms with E-state index in [1.54, 1.807) is 31.5 Å². The lowest BCUT2D eigenvalue weighted by Crippen LogP contribution is -2.40. The molecule has 1 aliphatic heterocycles. The van der Waals surface area contributed by atoms with Crippen molar-refractivity contribution in [2.45, 2.75) is 44.7 Å². The largest absolute Gasteiger partial charge is 0.475 e. The van der Waals surface area contributed by atoms with E-state index in [4.69, 9.17) is 9.47 Å². The molecule has 0 bridgehead atoms. The van der Waals surface area contributed by atoms with Crippen LogP contribution in [0.2, 0.25) is 0 Å². The van der Waals surface area contributed by atoms with Gasteiger partial charge in [0.1, 0.15) is 6.61 Å². The molecule has 3 amide bonds. The van der Waals surface area contributed by atoms with Gasteiger partial charge in [-0.25, -0.2) is 4.98 Å². The summed E-state index contributed by atoms with van der Waals surface area (Å²) < 4.78 is 10.6. The Kier molecular flexibility index (Phi) is 6.80. The molecule has 1 aromatic carbocycles. The Hall–Kier alpha value is -3.26. The Morgan fingerprint density at radius 3 is 2.66 bits per heavy atom. The number of ether oxygens (including phenoxy) is 2. The summed E-state index contributed by atoms with van der Waals surface area (Å²) in [7, 11) is 1.59. The van der Waals surface area contributed by atoms with E-state index in [0.717, 1.165) is 37.7 Å².